The van der Waals surface area contributed by atoms with Crippen LogP contribution in [-0.4, -0.2) is 54.7 Å². The summed E-state index contributed by atoms with van der Waals surface area (Å²) in [7, 11) is 1.85. The van der Waals surface area contributed by atoms with Gasteiger partial charge in [-0.1, -0.05) is 0 Å². The van der Waals surface area contributed by atoms with Gasteiger partial charge >= 0.3 is 0 Å². The van der Waals surface area contributed by atoms with Crippen molar-refractivity contribution in [1.82, 2.24) is 14.5 Å². The van der Waals surface area contributed by atoms with Crippen LogP contribution in [0.15, 0.2) is 11.3 Å². The van der Waals surface area contributed by atoms with Crippen molar-refractivity contribution in [3.05, 3.63) is 17.2 Å². The van der Waals surface area contributed by atoms with Crippen LogP contribution in [0.4, 0.5) is 0 Å². The molecule has 0 bridgehead atoms. The minimum atomic E-state index is -0.758. The maximum atomic E-state index is 9.93. The Morgan fingerprint density at radius 2 is 2.35 bits per heavy atom. The molecule has 1 unspecified atom stereocenters. The van der Waals surface area contributed by atoms with E-state index < -0.39 is 22.5 Å². The van der Waals surface area contributed by atoms with Crippen LogP contribution in [0.2, 0.25) is 0 Å². The topological polar surface area (TPSA) is 109 Å². The Labute approximate surface area is 128 Å². The molecule has 0 spiro atoms. The van der Waals surface area contributed by atoms with Gasteiger partial charge in [0, 0.05) is 13.5 Å². The van der Waals surface area contributed by atoms with Gasteiger partial charge in [0.2, 0.25) is 0 Å². The summed E-state index contributed by atoms with van der Waals surface area (Å²) in [5.74, 6) is 0.567. The van der Waals surface area contributed by atoms with Gasteiger partial charge < -0.3 is 25.6 Å². The second-order valence-electron chi connectivity index (χ2n) is 4.94. The van der Waals surface area contributed by atoms with Gasteiger partial charge in [0.1, 0.15) is 34.3 Å². The first-order valence-corrected chi connectivity index (χ1v) is 7.47. The average Bonchev–Trinajstić information content (AvgIpc) is 2.97. The summed E-state index contributed by atoms with van der Waals surface area (Å²) in [6.45, 7) is 0.456. The normalized spacial score (nSPS) is 31.1. The van der Waals surface area contributed by atoms with Crippen molar-refractivity contribution in [3.63, 3.8) is 0 Å². The summed E-state index contributed by atoms with van der Waals surface area (Å²) in [6.07, 6.45) is 0.289. The SMILES string of the molecule is CN1CN=c2c(ncn2[C@H]2C[C@H](O)[C@@H](C(O)I)O2)=C1N. The second kappa shape index (κ2) is 5.13. The average molecular weight is 393 g/mol. The van der Waals surface area contributed by atoms with Crippen LogP contribution < -0.4 is 16.6 Å². The highest BCUT2D eigenvalue weighted by molar-refractivity contribution is 14.1. The number of ether oxygens (including phenoxy) is 1. The molecule has 4 atom stereocenters. The molecule has 9 heteroatoms. The number of aromatic nitrogens is 2. The van der Waals surface area contributed by atoms with Crippen molar-refractivity contribution in [2.24, 2.45) is 10.7 Å². The first kappa shape index (κ1) is 14.0. The van der Waals surface area contributed by atoms with Gasteiger partial charge in [-0.3, -0.25) is 4.57 Å². The molecule has 20 heavy (non-hydrogen) atoms. The van der Waals surface area contributed by atoms with Crippen LogP contribution in [0.1, 0.15) is 12.6 Å². The quantitative estimate of drug-likeness (QED) is 0.390. The molecule has 0 amide bonds. The Balaban J connectivity index is 1.97. The number of rotatable bonds is 2. The van der Waals surface area contributed by atoms with E-state index >= 15 is 0 Å². The lowest BCUT2D eigenvalue weighted by molar-refractivity contribution is -0.0514. The third kappa shape index (κ3) is 2.18. The van der Waals surface area contributed by atoms with Crippen molar-refractivity contribution in [2.45, 2.75) is 29.0 Å². The Bertz CT molecular complexity index is 630. The summed E-state index contributed by atoms with van der Waals surface area (Å²) < 4.78 is 6.70. The van der Waals surface area contributed by atoms with E-state index in [4.69, 9.17) is 10.5 Å². The lowest BCUT2D eigenvalue weighted by atomic mass is 10.2. The number of hydrogen-bond donors (Lipinski definition) is 3. The molecule has 1 fully saturated rings. The van der Waals surface area contributed by atoms with Gasteiger partial charge in [0.15, 0.2) is 5.49 Å². The van der Waals surface area contributed by atoms with Crippen LogP contribution >= 0.6 is 22.6 Å². The van der Waals surface area contributed by atoms with E-state index in [0.717, 1.165) is 0 Å². The fraction of sp³-hybridized carbons (Fsp3) is 0.636. The molecule has 8 nitrogen and oxygen atoms in total. The highest BCUT2D eigenvalue weighted by Gasteiger charge is 2.39. The minimum Gasteiger partial charge on any atom is -0.390 e. The Kier molecular flexibility index (Phi) is 3.60. The molecule has 0 saturated carbocycles. The molecule has 1 aromatic heterocycles. The summed E-state index contributed by atoms with van der Waals surface area (Å²) in [4.78, 5) is 10.5. The number of imidazole rings is 1. The van der Waals surface area contributed by atoms with Crippen LogP contribution in [0.25, 0.3) is 5.82 Å². The molecule has 4 N–H and O–H groups in total. The van der Waals surface area contributed by atoms with E-state index in [-0.39, 0.29) is 0 Å². The van der Waals surface area contributed by atoms with Gasteiger partial charge in [-0.15, -0.1) is 0 Å². The molecule has 0 aliphatic carbocycles. The van der Waals surface area contributed by atoms with Crippen LogP contribution in [0, 0.1) is 0 Å². The van der Waals surface area contributed by atoms with Gasteiger partial charge in [0.25, 0.3) is 0 Å². The van der Waals surface area contributed by atoms with E-state index in [1.54, 1.807) is 15.8 Å². The summed E-state index contributed by atoms with van der Waals surface area (Å²) in [5, 5.41) is 20.1. The number of aliphatic hydroxyl groups is 2. The Hall–Kier alpha value is -0.910. The highest BCUT2D eigenvalue weighted by Crippen LogP contribution is 2.30. The zero-order valence-electron chi connectivity index (χ0n) is 10.8. The molecule has 3 heterocycles. The minimum absolute atomic E-state index is 0.388. The lowest BCUT2D eigenvalue weighted by Crippen LogP contribution is -2.45. The molecule has 110 valence electrons. The predicted octanol–water partition coefficient (Wildman–Crippen LogP) is -2.17. The van der Waals surface area contributed by atoms with E-state index in [1.807, 2.05) is 29.6 Å². The maximum Gasteiger partial charge on any atom is 0.162 e. The zero-order chi connectivity index (χ0) is 14.4. The number of hydrogen-bond acceptors (Lipinski definition) is 7. The van der Waals surface area contributed by atoms with Crippen molar-refractivity contribution in [2.75, 3.05) is 13.7 Å². The second-order valence-corrected chi connectivity index (χ2v) is 6.21. The van der Waals surface area contributed by atoms with Gasteiger partial charge in [-0.05, 0) is 22.6 Å². The standard InChI is InChI=1S/C11H16IN5O3/c1-16-3-15-11-7(10(16)13)14-4-17(11)6-2-5(18)8(20-6)9(12)19/h4-6,8-9,18-19H,2-3,13H2,1H3/t5-,6+,8-,9?/m0/s1. The zero-order valence-corrected chi connectivity index (χ0v) is 13.0. The Morgan fingerprint density at radius 3 is 3.00 bits per heavy atom. The van der Waals surface area contributed by atoms with Gasteiger partial charge in [-0.25, -0.2) is 9.98 Å². The molecular weight excluding hydrogens is 377 g/mol. The first-order valence-electron chi connectivity index (χ1n) is 6.23. The number of alkyl halides is 1. The molecule has 2 aliphatic heterocycles. The van der Waals surface area contributed by atoms with E-state index in [9.17, 15) is 10.2 Å². The van der Waals surface area contributed by atoms with Crippen LogP contribution in [-0.2, 0) is 4.74 Å². The highest BCUT2D eigenvalue weighted by atomic mass is 127. The third-order valence-electron chi connectivity index (χ3n) is 3.57. The molecule has 0 aromatic carbocycles. The van der Waals surface area contributed by atoms with Crippen LogP contribution in [0.5, 0.6) is 0 Å². The molecule has 1 saturated heterocycles. The Morgan fingerprint density at radius 1 is 1.60 bits per heavy atom. The van der Waals surface area contributed by atoms with Crippen molar-refractivity contribution in [3.8, 4) is 0 Å². The first-order chi connectivity index (χ1) is 9.49. The molecule has 2 aliphatic rings. The number of aliphatic hydroxyl groups excluding tert-OH is 2. The van der Waals surface area contributed by atoms with E-state index in [2.05, 4.69) is 9.98 Å². The van der Waals surface area contributed by atoms with Gasteiger partial charge in [-0.2, -0.15) is 0 Å². The monoisotopic (exact) mass is 393 g/mol. The fourth-order valence-corrected chi connectivity index (χ4v) is 3.08. The van der Waals surface area contributed by atoms with Crippen molar-refractivity contribution >= 4 is 28.4 Å². The fourth-order valence-electron chi connectivity index (χ4n) is 2.43. The van der Waals surface area contributed by atoms with Crippen molar-refractivity contribution in [1.29, 1.82) is 0 Å². The molecule has 0 radical (unpaired) electrons. The summed E-state index contributed by atoms with van der Waals surface area (Å²) in [6, 6.07) is 0. The number of nitrogens with two attached hydrogens (primary N) is 1. The summed E-state index contributed by atoms with van der Waals surface area (Å²) in [5.41, 5.74) is 6.63. The van der Waals surface area contributed by atoms with E-state index in [0.29, 0.717) is 29.7 Å². The number of halogens is 1. The largest absolute Gasteiger partial charge is 0.390 e. The third-order valence-corrected chi connectivity index (χ3v) is 4.28. The van der Waals surface area contributed by atoms with Crippen LogP contribution in [0.3, 0.4) is 0 Å². The predicted molar refractivity (Wildman–Crippen MR) is 77.8 cm³/mol. The lowest BCUT2D eigenvalue weighted by Gasteiger charge is -2.19. The number of fused-ring (bicyclic) bond motifs is 1. The summed E-state index contributed by atoms with van der Waals surface area (Å²) >= 11 is 1.83. The smallest absolute Gasteiger partial charge is 0.162 e. The van der Waals surface area contributed by atoms with E-state index in [1.165, 1.54) is 0 Å². The molecular formula is C11H16IN5O3. The van der Waals surface area contributed by atoms with Crippen molar-refractivity contribution < 1.29 is 14.9 Å². The number of nitrogens with zero attached hydrogens (tertiary/aromatic N) is 4. The molecule has 1 aromatic rings. The van der Waals surface area contributed by atoms with Gasteiger partial charge in [0.05, 0.1) is 12.4 Å². The molecule has 3 rings (SSSR count). The maximum absolute atomic E-state index is 9.93.